The van der Waals surface area contributed by atoms with Crippen molar-refractivity contribution in [2.75, 3.05) is 12.8 Å². The lowest BCUT2D eigenvalue weighted by Crippen LogP contribution is -1.98. The van der Waals surface area contributed by atoms with Crippen LogP contribution in [0.2, 0.25) is 0 Å². The van der Waals surface area contributed by atoms with E-state index in [9.17, 15) is 0 Å². The van der Waals surface area contributed by atoms with Crippen molar-refractivity contribution in [1.29, 1.82) is 0 Å². The molecule has 1 aliphatic heterocycles. The molecule has 0 aliphatic carbocycles. The van der Waals surface area contributed by atoms with E-state index in [1.165, 1.54) is 29.0 Å². The van der Waals surface area contributed by atoms with E-state index in [1.807, 2.05) is 11.3 Å². The van der Waals surface area contributed by atoms with Crippen LogP contribution in [-0.2, 0) is 12.8 Å². The molecule has 14 heavy (non-hydrogen) atoms. The van der Waals surface area contributed by atoms with Crippen molar-refractivity contribution in [1.82, 2.24) is 0 Å². The zero-order valence-electron chi connectivity index (χ0n) is 8.67. The third kappa shape index (κ3) is 1.75. The van der Waals surface area contributed by atoms with E-state index in [4.69, 9.17) is 0 Å². The van der Waals surface area contributed by atoms with Gasteiger partial charge in [0.05, 0.1) is 5.04 Å². The summed E-state index contributed by atoms with van der Waals surface area (Å²) in [7, 11) is 0. The number of fused-ring (bicyclic) bond motifs is 1. The smallest absolute Gasteiger partial charge is 0.0988 e. The molecule has 3 heteroatoms. The number of hydrogen-bond donors (Lipinski definition) is 0. The molecular formula is C11H15NS2. The summed E-state index contributed by atoms with van der Waals surface area (Å²) in [4.78, 5) is 6.20. The first-order valence-corrected chi connectivity index (χ1v) is 7.15. The van der Waals surface area contributed by atoms with E-state index in [1.54, 1.807) is 16.6 Å². The van der Waals surface area contributed by atoms with Crippen molar-refractivity contribution >= 4 is 28.1 Å². The molecule has 76 valence electrons. The molecule has 0 N–H and O–H groups in total. The highest BCUT2D eigenvalue weighted by Gasteiger charge is 2.17. The zero-order valence-corrected chi connectivity index (χ0v) is 10.3. The van der Waals surface area contributed by atoms with E-state index in [0.29, 0.717) is 0 Å². The van der Waals surface area contributed by atoms with Crippen LogP contribution >= 0.6 is 23.1 Å². The quantitative estimate of drug-likeness (QED) is 0.714. The van der Waals surface area contributed by atoms with Gasteiger partial charge in [0.2, 0.25) is 0 Å². The maximum atomic E-state index is 4.65. The Bertz CT molecular complexity index is 352. The van der Waals surface area contributed by atoms with E-state index < -0.39 is 0 Å². The number of thiophene rings is 1. The second-order valence-corrected chi connectivity index (χ2v) is 5.17. The molecule has 1 aromatic rings. The Labute approximate surface area is 93.6 Å². The standard InChI is InChI=1S/C11H15NS2/c1-3-8-7-14-9-5-4-6-12-11(13-2)10(8)9/h7H,3-6H2,1-2H3. The first-order valence-electron chi connectivity index (χ1n) is 5.04. The molecule has 0 unspecified atom stereocenters. The van der Waals surface area contributed by atoms with Crippen molar-refractivity contribution in [3.8, 4) is 0 Å². The van der Waals surface area contributed by atoms with Gasteiger partial charge in [0, 0.05) is 17.0 Å². The maximum Gasteiger partial charge on any atom is 0.0988 e. The highest BCUT2D eigenvalue weighted by Crippen LogP contribution is 2.30. The number of aliphatic imine (C=N–C) groups is 1. The summed E-state index contributed by atoms with van der Waals surface area (Å²) in [6.07, 6.45) is 5.69. The second kappa shape index (κ2) is 4.49. The molecule has 0 saturated heterocycles. The lowest BCUT2D eigenvalue weighted by atomic mass is 10.1. The molecule has 1 aliphatic rings. The molecular weight excluding hydrogens is 210 g/mol. The number of rotatable bonds is 1. The summed E-state index contributed by atoms with van der Waals surface area (Å²) in [5, 5.41) is 3.57. The molecule has 0 spiro atoms. The van der Waals surface area contributed by atoms with Crippen LogP contribution < -0.4 is 0 Å². The van der Waals surface area contributed by atoms with Crippen molar-refractivity contribution in [3.63, 3.8) is 0 Å². The molecule has 0 saturated carbocycles. The topological polar surface area (TPSA) is 12.4 Å². The maximum absolute atomic E-state index is 4.65. The molecule has 0 amide bonds. The van der Waals surface area contributed by atoms with Crippen LogP contribution in [0.15, 0.2) is 10.4 Å². The third-order valence-corrected chi connectivity index (χ3v) is 4.36. The fourth-order valence-electron chi connectivity index (χ4n) is 1.81. The largest absolute Gasteiger partial charge is 0.278 e. The average Bonchev–Trinajstić information content (AvgIpc) is 2.51. The summed E-state index contributed by atoms with van der Waals surface area (Å²) in [6, 6.07) is 0. The summed E-state index contributed by atoms with van der Waals surface area (Å²) in [5.41, 5.74) is 2.95. The van der Waals surface area contributed by atoms with E-state index in [-0.39, 0.29) is 0 Å². The van der Waals surface area contributed by atoms with Gasteiger partial charge >= 0.3 is 0 Å². The average molecular weight is 225 g/mol. The van der Waals surface area contributed by atoms with Crippen LogP contribution in [0.1, 0.15) is 29.3 Å². The highest BCUT2D eigenvalue weighted by atomic mass is 32.2. The molecule has 0 aromatic carbocycles. The van der Waals surface area contributed by atoms with E-state index in [0.717, 1.165) is 13.0 Å². The van der Waals surface area contributed by atoms with Crippen LogP contribution in [0.25, 0.3) is 0 Å². The summed E-state index contributed by atoms with van der Waals surface area (Å²) in [5.74, 6) is 0. The van der Waals surface area contributed by atoms with Gasteiger partial charge in [-0.1, -0.05) is 6.92 Å². The van der Waals surface area contributed by atoms with Gasteiger partial charge in [-0.3, -0.25) is 4.99 Å². The van der Waals surface area contributed by atoms with Gasteiger partial charge in [-0.2, -0.15) is 0 Å². The van der Waals surface area contributed by atoms with Gasteiger partial charge in [0.1, 0.15) is 0 Å². The van der Waals surface area contributed by atoms with E-state index in [2.05, 4.69) is 23.6 Å². The predicted molar refractivity (Wildman–Crippen MR) is 66.9 cm³/mol. The van der Waals surface area contributed by atoms with Gasteiger partial charge in [0.25, 0.3) is 0 Å². The summed E-state index contributed by atoms with van der Waals surface area (Å²) in [6.45, 7) is 3.23. The highest BCUT2D eigenvalue weighted by molar-refractivity contribution is 8.13. The van der Waals surface area contributed by atoms with Crippen molar-refractivity contribution < 1.29 is 0 Å². The number of nitrogens with zero attached hydrogens (tertiary/aromatic N) is 1. The molecule has 1 aromatic heterocycles. The first-order chi connectivity index (χ1) is 6.86. The van der Waals surface area contributed by atoms with Gasteiger partial charge in [-0.15, -0.1) is 23.1 Å². The van der Waals surface area contributed by atoms with Crippen LogP contribution in [0.5, 0.6) is 0 Å². The molecule has 2 heterocycles. The minimum atomic E-state index is 1.00. The fourth-order valence-corrected chi connectivity index (χ4v) is 3.73. The van der Waals surface area contributed by atoms with Gasteiger partial charge in [-0.25, -0.2) is 0 Å². The molecule has 0 fully saturated rings. The van der Waals surface area contributed by atoms with Crippen LogP contribution in [0.3, 0.4) is 0 Å². The van der Waals surface area contributed by atoms with Crippen molar-refractivity contribution in [3.05, 3.63) is 21.4 Å². The minimum absolute atomic E-state index is 1.00. The van der Waals surface area contributed by atoms with Gasteiger partial charge in [-0.05, 0) is 36.5 Å². The Balaban J connectivity index is 2.49. The molecule has 2 rings (SSSR count). The zero-order chi connectivity index (χ0) is 9.97. The van der Waals surface area contributed by atoms with Gasteiger partial charge < -0.3 is 0 Å². The Hall–Kier alpha value is -0.280. The Kier molecular flexibility index (Phi) is 3.29. The number of hydrogen-bond acceptors (Lipinski definition) is 3. The SMILES string of the molecule is CCc1csc2c1C(SC)=NCCC2. The lowest BCUT2D eigenvalue weighted by molar-refractivity contribution is 0.855. The first kappa shape index (κ1) is 10.2. The predicted octanol–water partition coefficient (Wildman–Crippen LogP) is 3.37. The van der Waals surface area contributed by atoms with Crippen molar-refractivity contribution in [2.24, 2.45) is 4.99 Å². The summed E-state index contributed by atoms with van der Waals surface area (Å²) < 4.78 is 0. The molecule has 0 radical (unpaired) electrons. The normalized spacial score (nSPS) is 16.0. The second-order valence-electron chi connectivity index (χ2n) is 3.41. The monoisotopic (exact) mass is 225 g/mol. The van der Waals surface area contributed by atoms with Gasteiger partial charge in [0.15, 0.2) is 0 Å². The van der Waals surface area contributed by atoms with Crippen LogP contribution in [-0.4, -0.2) is 17.8 Å². The van der Waals surface area contributed by atoms with E-state index >= 15 is 0 Å². The molecule has 1 nitrogen and oxygen atoms in total. The fraction of sp³-hybridized carbons (Fsp3) is 0.545. The Morgan fingerprint density at radius 3 is 3.14 bits per heavy atom. The van der Waals surface area contributed by atoms with Crippen LogP contribution in [0, 0.1) is 0 Å². The Morgan fingerprint density at radius 1 is 1.57 bits per heavy atom. The van der Waals surface area contributed by atoms with Crippen molar-refractivity contribution in [2.45, 2.75) is 26.2 Å². The lowest BCUT2D eigenvalue weighted by Gasteiger charge is -2.04. The number of thioether (sulfide) groups is 1. The Morgan fingerprint density at radius 2 is 2.43 bits per heavy atom. The van der Waals surface area contributed by atoms with Crippen LogP contribution in [0.4, 0.5) is 0 Å². The third-order valence-electron chi connectivity index (χ3n) is 2.55. The molecule has 0 atom stereocenters. The number of aryl methyl sites for hydroxylation is 2. The molecule has 0 bridgehead atoms. The minimum Gasteiger partial charge on any atom is -0.278 e. The summed E-state index contributed by atoms with van der Waals surface area (Å²) >= 11 is 3.71.